The highest BCUT2D eigenvalue weighted by Gasteiger charge is 2.16. The summed E-state index contributed by atoms with van der Waals surface area (Å²) in [6.07, 6.45) is 2.22. The van der Waals surface area contributed by atoms with Crippen molar-refractivity contribution in [2.24, 2.45) is 0 Å². The van der Waals surface area contributed by atoms with Gasteiger partial charge in [-0.1, -0.05) is 51.1 Å². The molecular formula is C11H15. The van der Waals surface area contributed by atoms with Crippen molar-refractivity contribution >= 4 is 0 Å². The van der Waals surface area contributed by atoms with E-state index in [1.807, 2.05) is 0 Å². The van der Waals surface area contributed by atoms with E-state index in [4.69, 9.17) is 0 Å². The van der Waals surface area contributed by atoms with Gasteiger partial charge in [0, 0.05) is 0 Å². The van der Waals surface area contributed by atoms with Crippen LogP contribution in [0.25, 0.3) is 0 Å². The van der Waals surface area contributed by atoms with Gasteiger partial charge in [-0.15, -0.1) is 0 Å². The van der Waals surface area contributed by atoms with Gasteiger partial charge in [0.25, 0.3) is 0 Å². The van der Waals surface area contributed by atoms with Crippen molar-refractivity contribution in [1.29, 1.82) is 0 Å². The first-order chi connectivity index (χ1) is 5.17. The number of hydrogen-bond acceptors (Lipinski definition) is 0. The summed E-state index contributed by atoms with van der Waals surface area (Å²) in [7, 11) is 0. The van der Waals surface area contributed by atoms with Gasteiger partial charge in [-0.2, -0.15) is 0 Å². The molecular weight excluding hydrogens is 132 g/mol. The minimum absolute atomic E-state index is 0.210. The monoisotopic (exact) mass is 147 g/mol. The first-order valence-electron chi connectivity index (χ1n) is 4.03. The molecule has 0 nitrogen and oxygen atoms in total. The van der Waals surface area contributed by atoms with Crippen LogP contribution in [0.15, 0.2) is 30.3 Å². The van der Waals surface area contributed by atoms with Crippen LogP contribution in [0.1, 0.15) is 26.3 Å². The minimum atomic E-state index is 0.210. The average Bonchev–Trinajstić information content (AvgIpc) is 2.06. The molecule has 0 saturated carbocycles. The van der Waals surface area contributed by atoms with Crippen molar-refractivity contribution in [2.45, 2.75) is 26.2 Å². The van der Waals surface area contributed by atoms with Crippen LogP contribution in [0.3, 0.4) is 0 Å². The van der Waals surface area contributed by atoms with E-state index < -0.39 is 0 Å². The van der Waals surface area contributed by atoms with Gasteiger partial charge in [0.15, 0.2) is 0 Å². The fourth-order valence-electron chi connectivity index (χ4n) is 1.03. The number of rotatable bonds is 2. The van der Waals surface area contributed by atoms with Crippen molar-refractivity contribution in [2.75, 3.05) is 0 Å². The van der Waals surface area contributed by atoms with Gasteiger partial charge in [-0.25, -0.2) is 0 Å². The summed E-state index contributed by atoms with van der Waals surface area (Å²) >= 11 is 0. The maximum Gasteiger partial charge on any atom is -0.00751 e. The van der Waals surface area contributed by atoms with Gasteiger partial charge in [-0.3, -0.25) is 0 Å². The van der Waals surface area contributed by atoms with Gasteiger partial charge >= 0.3 is 0 Å². The Bertz CT molecular complexity index is 209. The van der Waals surface area contributed by atoms with Crippen LogP contribution in [0, 0.1) is 6.42 Å². The normalized spacial score (nSPS) is 11.5. The fourth-order valence-corrected chi connectivity index (χ4v) is 1.03. The molecule has 1 rings (SSSR count). The first kappa shape index (κ1) is 8.32. The molecule has 1 aromatic rings. The van der Waals surface area contributed by atoms with Crippen LogP contribution in [0.2, 0.25) is 0 Å². The molecule has 0 heteroatoms. The lowest BCUT2D eigenvalue weighted by atomic mass is 9.82. The highest BCUT2D eigenvalue weighted by Crippen LogP contribution is 2.24. The molecule has 0 atom stereocenters. The van der Waals surface area contributed by atoms with Crippen LogP contribution >= 0.6 is 0 Å². The first-order valence-corrected chi connectivity index (χ1v) is 4.03. The van der Waals surface area contributed by atoms with Crippen molar-refractivity contribution in [3.05, 3.63) is 42.3 Å². The summed E-state index contributed by atoms with van der Waals surface area (Å²) in [6, 6.07) is 10.6. The molecule has 0 bridgehead atoms. The summed E-state index contributed by atoms with van der Waals surface area (Å²) in [6.45, 7) is 6.55. The molecule has 1 aromatic carbocycles. The molecule has 11 heavy (non-hydrogen) atoms. The topological polar surface area (TPSA) is 0 Å². The van der Waals surface area contributed by atoms with E-state index in [1.165, 1.54) is 5.56 Å². The Labute approximate surface area is 69.3 Å². The predicted octanol–water partition coefficient (Wildman–Crippen LogP) is 3.19. The summed E-state index contributed by atoms with van der Waals surface area (Å²) in [5.41, 5.74) is 1.59. The summed E-state index contributed by atoms with van der Waals surface area (Å²) in [5.74, 6) is 0. The summed E-state index contributed by atoms with van der Waals surface area (Å²) < 4.78 is 0. The Morgan fingerprint density at radius 2 is 1.64 bits per heavy atom. The lowest BCUT2D eigenvalue weighted by Crippen LogP contribution is -2.15. The van der Waals surface area contributed by atoms with Crippen LogP contribution < -0.4 is 0 Å². The van der Waals surface area contributed by atoms with Crippen molar-refractivity contribution in [1.82, 2.24) is 0 Å². The van der Waals surface area contributed by atoms with E-state index >= 15 is 0 Å². The maximum atomic E-state index is 2.22. The van der Waals surface area contributed by atoms with Crippen LogP contribution in [0.4, 0.5) is 0 Å². The van der Waals surface area contributed by atoms with E-state index in [0.29, 0.717) is 0 Å². The highest BCUT2D eigenvalue weighted by atomic mass is 14.2. The second-order valence-electron chi connectivity index (χ2n) is 3.38. The average molecular weight is 147 g/mol. The molecule has 0 fully saturated rings. The Balaban J connectivity index is 2.93. The van der Waals surface area contributed by atoms with Crippen molar-refractivity contribution in [3.8, 4) is 0 Å². The molecule has 0 aromatic heterocycles. The molecule has 0 saturated heterocycles. The van der Waals surface area contributed by atoms with Crippen molar-refractivity contribution < 1.29 is 0 Å². The van der Waals surface area contributed by atoms with E-state index in [0.717, 1.165) is 0 Å². The third-order valence-electron chi connectivity index (χ3n) is 2.24. The summed E-state index contributed by atoms with van der Waals surface area (Å²) in [5, 5.41) is 0. The molecule has 0 aliphatic rings. The fraction of sp³-hybridized carbons (Fsp3) is 0.364. The summed E-state index contributed by atoms with van der Waals surface area (Å²) in [4.78, 5) is 0. The molecule has 0 amide bonds. The Morgan fingerprint density at radius 3 is 2.09 bits per heavy atom. The predicted molar refractivity (Wildman–Crippen MR) is 49.4 cm³/mol. The second kappa shape index (κ2) is 3.08. The molecule has 0 unspecified atom stereocenters. The molecule has 0 aliphatic carbocycles. The molecule has 1 radical (unpaired) electrons. The van der Waals surface area contributed by atoms with Gasteiger partial charge in [-0.05, 0) is 17.4 Å². The third-order valence-corrected chi connectivity index (χ3v) is 2.24. The Hall–Kier alpha value is -0.780. The number of hydrogen-bond donors (Lipinski definition) is 0. The molecule has 0 spiro atoms. The molecule has 0 N–H and O–H groups in total. The van der Waals surface area contributed by atoms with Crippen LogP contribution in [0.5, 0.6) is 0 Å². The van der Waals surface area contributed by atoms with Gasteiger partial charge < -0.3 is 0 Å². The largest absolute Gasteiger partial charge is 0.0622 e. The van der Waals surface area contributed by atoms with Gasteiger partial charge in [0.1, 0.15) is 0 Å². The van der Waals surface area contributed by atoms with Gasteiger partial charge in [0.2, 0.25) is 0 Å². The zero-order valence-corrected chi connectivity index (χ0v) is 7.46. The Morgan fingerprint density at radius 1 is 1.09 bits per heavy atom. The quantitative estimate of drug-likeness (QED) is 0.602. The van der Waals surface area contributed by atoms with E-state index in [1.54, 1.807) is 0 Å². The highest BCUT2D eigenvalue weighted by molar-refractivity contribution is 5.26. The minimum Gasteiger partial charge on any atom is -0.0622 e. The van der Waals surface area contributed by atoms with E-state index in [-0.39, 0.29) is 5.41 Å². The second-order valence-corrected chi connectivity index (χ2v) is 3.38. The zero-order valence-electron chi connectivity index (χ0n) is 7.46. The standard InChI is InChI=1S/C11H15/c1-4-11(2,3)10-8-6-5-7-9-10/h4-9H,1-3H3. The van der Waals surface area contributed by atoms with E-state index in [2.05, 4.69) is 57.5 Å². The lowest BCUT2D eigenvalue weighted by Gasteiger charge is -2.22. The zero-order chi connectivity index (χ0) is 8.32. The third kappa shape index (κ3) is 1.83. The lowest BCUT2D eigenvalue weighted by molar-refractivity contribution is 0.616. The van der Waals surface area contributed by atoms with Crippen LogP contribution in [-0.2, 0) is 5.41 Å². The molecule has 0 heterocycles. The SMILES string of the molecule is C[CH]C(C)(C)c1ccccc1. The van der Waals surface area contributed by atoms with Gasteiger partial charge in [0.05, 0.1) is 0 Å². The molecule has 0 aliphatic heterocycles. The molecule has 59 valence electrons. The number of benzene rings is 1. The van der Waals surface area contributed by atoms with E-state index in [9.17, 15) is 0 Å². The maximum absolute atomic E-state index is 2.22. The Kier molecular flexibility index (Phi) is 2.33. The van der Waals surface area contributed by atoms with Crippen LogP contribution in [-0.4, -0.2) is 0 Å². The van der Waals surface area contributed by atoms with Crippen molar-refractivity contribution in [3.63, 3.8) is 0 Å². The smallest absolute Gasteiger partial charge is 0.00751 e.